The molecule has 1 N–H and O–H groups in total. The standard InChI is InChI=1S/C18H13F3N2O4/c19-18(20,21)11-5-7-12(8-6-11)22-16(24)10-26-17(25)9-14-13-3-1-2-4-15(13)27-23-14/h1-8H,9-10H2,(H,22,24). The zero-order valence-corrected chi connectivity index (χ0v) is 13.7. The van der Waals surface area contributed by atoms with Crippen LogP contribution in [0, 0.1) is 0 Å². The molecule has 0 bridgehead atoms. The predicted octanol–water partition coefficient (Wildman–Crippen LogP) is 3.57. The van der Waals surface area contributed by atoms with Crippen molar-refractivity contribution < 1.29 is 32.0 Å². The molecule has 2 aromatic carbocycles. The molecule has 3 rings (SSSR count). The molecule has 0 atom stereocenters. The number of ether oxygens (including phenoxy) is 1. The van der Waals surface area contributed by atoms with E-state index < -0.39 is 30.2 Å². The van der Waals surface area contributed by atoms with Crippen molar-refractivity contribution in [3.8, 4) is 0 Å². The monoisotopic (exact) mass is 378 g/mol. The lowest BCUT2D eigenvalue weighted by molar-refractivity contribution is -0.146. The van der Waals surface area contributed by atoms with E-state index in [2.05, 4.69) is 10.5 Å². The third-order valence-corrected chi connectivity index (χ3v) is 3.62. The highest BCUT2D eigenvalue weighted by Gasteiger charge is 2.30. The van der Waals surface area contributed by atoms with Gasteiger partial charge in [-0.25, -0.2) is 0 Å². The zero-order chi connectivity index (χ0) is 19.4. The Balaban J connectivity index is 1.51. The van der Waals surface area contributed by atoms with Crippen LogP contribution in [0.1, 0.15) is 11.3 Å². The Morgan fingerprint density at radius 3 is 2.48 bits per heavy atom. The molecule has 1 amide bonds. The number of amides is 1. The molecule has 0 spiro atoms. The molecule has 0 aliphatic rings. The Morgan fingerprint density at radius 2 is 1.78 bits per heavy atom. The van der Waals surface area contributed by atoms with Gasteiger partial charge in [-0.05, 0) is 36.4 Å². The Bertz CT molecular complexity index is 965. The van der Waals surface area contributed by atoms with Crippen LogP contribution in [0.2, 0.25) is 0 Å². The van der Waals surface area contributed by atoms with Crippen LogP contribution >= 0.6 is 0 Å². The molecule has 27 heavy (non-hydrogen) atoms. The first-order valence-electron chi connectivity index (χ1n) is 7.79. The van der Waals surface area contributed by atoms with E-state index in [0.29, 0.717) is 16.7 Å². The molecule has 0 saturated heterocycles. The fourth-order valence-corrected chi connectivity index (χ4v) is 2.34. The van der Waals surface area contributed by atoms with Gasteiger partial charge >= 0.3 is 12.1 Å². The maximum Gasteiger partial charge on any atom is 0.416 e. The lowest BCUT2D eigenvalue weighted by atomic mass is 10.2. The Kier molecular flexibility index (Phi) is 5.11. The second-order valence-corrected chi connectivity index (χ2v) is 5.59. The van der Waals surface area contributed by atoms with Gasteiger partial charge in [0, 0.05) is 11.1 Å². The number of benzene rings is 2. The SMILES string of the molecule is O=C(COC(=O)Cc1noc2ccccc12)Nc1ccc(C(F)(F)F)cc1. The molecule has 9 heteroatoms. The topological polar surface area (TPSA) is 81.4 Å². The van der Waals surface area contributed by atoms with Gasteiger partial charge < -0.3 is 14.6 Å². The maximum absolute atomic E-state index is 12.5. The van der Waals surface area contributed by atoms with E-state index in [0.717, 1.165) is 24.3 Å². The normalized spacial score (nSPS) is 11.4. The highest BCUT2D eigenvalue weighted by Crippen LogP contribution is 2.29. The number of alkyl halides is 3. The van der Waals surface area contributed by atoms with Crippen LogP contribution in [-0.2, 0) is 26.9 Å². The van der Waals surface area contributed by atoms with Gasteiger partial charge in [0.15, 0.2) is 12.2 Å². The lowest BCUT2D eigenvalue weighted by Gasteiger charge is -2.09. The summed E-state index contributed by atoms with van der Waals surface area (Å²) in [4.78, 5) is 23.6. The van der Waals surface area contributed by atoms with E-state index in [1.807, 2.05) is 0 Å². The van der Waals surface area contributed by atoms with Crippen molar-refractivity contribution in [2.75, 3.05) is 11.9 Å². The molecule has 1 heterocycles. The van der Waals surface area contributed by atoms with Crippen molar-refractivity contribution in [2.45, 2.75) is 12.6 Å². The van der Waals surface area contributed by atoms with Crippen molar-refractivity contribution in [2.24, 2.45) is 0 Å². The van der Waals surface area contributed by atoms with E-state index in [1.165, 1.54) is 0 Å². The largest absolute Gasteiger partial charge is 0.455 e. The van der Waals surface area contributed by atoms with Gasteiger partial charge in [-0.1, -0.05) is 17.3 Å². The number of esters is 1. The fraction of sp³-hybridized carbons (Fsp3) is 0.167. The van der Waals surface area contributed by atoms with Gasteiger partial charge in [-0.3, -0.25) is 9.59 Å². The molecule has 0 radical (unpaired) electrons. The Hall–Kier alpha value is -3.36. The summed E-state index contributed by atoms with van der Waals surface area (Å²) in [5, 5.41) is 6.81. The number of para-hydroxylation sites is 1. The number of carbonyl (C=O) groups is 2. The van der Waals surface area contributed by atoms with Crippen LogP contribution < -0.4 is 5.32 Å². The molecule has 140 valence electrons. The highest BCUT2D eigenvalue weighted by molar-refractivity contribution is 5.93. The molecule has 6 nitrogen and oxygen atoms in total. The molecular formula is C18H13F3N2O4. The summed E-state index contributed by atoms with van der Waals surface area (Å²) < 4.78 is 47.4. The molecule has 0 fully saturated rings. The number of anilines is 1. The number of rotatable bonds is 5. The molecule has 3 aromatic rings. The molecule has 0 aliphatic heterocycles. The van der Waals surface area contributed by atoms with Crippen LogP contribution in [0.5, 0.6) is 0 Å². The summed E-state index contributed by atoms with van der Waals surface area (Å²) in [6.45, 7) is -0.574. The molecule has 0 aliphatic carbocycles. The van der Waals surface area contributed by atoms with Crippen LogP contribution in [0.15, 0.2) is 53.1 Å². The second kappa shape index (κ2) is 7.48. The number of halogens is 3. The Labute approximate surface area is 150 Å². The van der Waals surface area contributed by atoms with E-state index >= 15 is 0 Å². The van der Waals surface area contributed by atoms with Gasteiger partial charge in [-0.15, -0.1) is 0 Å². The number of nitrogens with one attached hydrogen (secondary N) is 1. The smallest absolute Gasteiger partial charge is 0.416 e. The third-order valence-electron chi connectivity index (χ3n) is 3.62. The average Bonchev–Trinajstić information content (AvgIpc) is 3.03. The van der Waals surface area contributed by atoms with E-state index in [1.54, 1.807) is 24.3 Å². The fourth-order valence-electron chi connectivity index (χ4n) is 2.34. The van der Waals surface area contributed by atoms with Gasteiger partial charge in [0.1, 0.15) is 5.69 Å². The quantitative estimate of drug-likeness (QED) is 0.687. The van der Waals surface area contributed by atoms with Crippen LogP contribution in [0.25, 0.3) is 11.0 Å². The minimum absolute atomic E-state index is 0.159. The molecular weight excluding hydrogens is 365 g/mol. The first-order chi connectivity index (χ1) is 12.8. The zero-order valence-electron chi connectivity index (χ0n) is 13.7. The maximum atomic E-state index is 12.5. The summed E-state index contributed by atoms with van der Waals surface area (Å²) >= 11 is 0. The number of aromatic nitrogens is 1. The first-order valence-corrected chi connectivity index (χ1v) is 7.79. The number of hydrogen-bond donors (Lipinski definition) is 1. The molecule has 0 saturated carbocycles. The van der Waals surface area contributed by atoms with Crippen molar-refractivity contribution in [1.82, 2.24) is 5.16 Å². The predicted molar refractivity (Wildman–Crippen MR) is 88.7 cm³/mol. The number of fused-ring (bicyclic) bond motifs is 1. The number of carbonyl (C=O) groups excluding carboxylic acids is 2. The third kappa shape index (κ3) is 4.63. The minimum atomic E-state index is -4.45. The summed E-state index contributed by atoms with van der Waals surface area (Å²) in [7, 11) is 0. The van der Waals surface area contributed by atoms with Crippen molar-refractivity contribution in [3.05, 3.63) is 59.8 Å². The first kappa shape index (κ1) is 18.4. The second-order valence-electron chi connectivity index (χ2n) is 5.59. The van der Waals surface area contributed by atoms with Crippen LogP contribution in [-0.4, -0.2) is 23.6 Å². The van der Waals surface area contributed by atoms with Gasteiger partial charge in [-0.2, -0.15) is 13.2 Å². The van der Waals surface area contributed by atoms with E-state index in [4.69, 9.17) is 9.26 Å². The average molecular weight is 378 g/mol. The summed E-state index contributed by atoms with van der Waals surface area (Å²) in [5.41, 5.74) is 0.248. The summed E-state index contributed by atoms with van der Waals surface area (Å²) in [6, 6.07) is 10.9. The number of nitrogens with zero attached hydrogens (tertiary/aromatic N) is 1. The summed E-state index contributed by atoms with van der Waals surface area (Å²) in [6.07, 6.45) is -4.63. The minimum Gasteiger partial charge on any atom is -0.455 e. The van der Waals surface area contributed by atoms with Crippen molar-refractivity contribution >= 4 is 28.5 Å². The highest BCUT2D eigenvalue weighted by atomic mass is 19.4. The van der Waals surface area contributed by atoms with Gasteiger partial charge in [0.2, 0.25) is 0 Å². The van der Waals surface area contributed by atoms with Crippen LogP contribution in [0.4, 0.5) is 18.9 Å². The molecule has 0 unspecified atom stereocenters. The van der Waals surface area contributed by atoms with Crippen molar-refractivity contribution in [1.29, 1.82) is 0 Å². The Morgan fingerprint density at radius 1 is 1.07 bits per heavy atom. The van der Waals surface area contributed by atoms with E-state index in [-0.39, 0.29) is 12.1 Å². The summed E-state index contributed by atoms with van der Waals surface area (Å²) in [5.74, 6) is -1.36. The molecule has 1 aromatic heterocycles. The van der Waals surface area contributed by atoms with Gasteiger partial charge in [0.05, 0.1) is 12.0 Å². The lowest BCUT2D eigenvalue weighted by Crippen LogP contribution is -2.21. The van der Waals surface area contributed by atoms with Crippen LogP contribution in [0.3, 0.4) is 0 Å². The van der Waals surface area contributed by atoms with Gasteiger partial charge in [0.25, 0.3) is 5.91 Å². The van der Waals surface area contributed by atoms with Crippen molar-refractivity contribution in [3.63, 3.8) is 0 Å². The van der Waals surface area contributed by atoms with E-state index in [9.17, 15) is 22.8 Å². The number of hydrogen-bond acceptors (Lipinski definition) is 5.